The van der Waals surface area contributed by atoms with E-state index >= 15 is 0 Å². The molecule has 3 rings (SSSR count). The minimum absolute atomic E-state index is 0.0178. The monoisotopic (exact) mass is 419 g/mol. The number of fused-ring (bicyclic) bond motifs is 3. The number of ether oxygens (including phenoxy) is 2. The van der Waals surface area contributed by atoms with E-state index in [-0.39, 0.29) is 46.8 Å². The molecule has 0 amide bonds. The fraction of sp³-hybridized carbons (Fsp3) is 0.792. The summed E-state index contributed by atoms with van der Waals surface area (Å²) in [6.45, 7) is 7.31. The minimum Gasteiger partial charge on any atom is -0.469 e. The number of ketones is 1. The summed E-state index contributed by atoms with van der Waals surface area (Å²) in [5, 5.41) is 2.95. The quantitative estimate of drug-likeness (QED) is 0.418. The van der Waals surface area contributed by atoms with E-state index in [1.807, 2.05) is 14.0 Å². The van der Waals surface area contributed by atoms with Crippen LogP contribution >= 0.6 is 0 Å². The number of carbonyl (C=O) groups excluding carboxylic acids is 3. The van der Waals surface area contributed by atoms with Crippen LogP contribution in [0, 0.1) is 34.5 Å². The van der Waals surface area contributed by atoms with Crippen molar-refractivity contribution in [1.82, 2.24) is 5.32 Å². The van der Waals surface area contributed by atoms with Gasteiger partial charge < -0.3 is 14.8 Å². The SMILES string of the molecule is CNCCOC(=O)C=C1CCC2C(C(=O)CC3C(C)(C(=O)OC)CCCC23C)C1C. The lowest BCUT2D eigenvalue weighted by atomic mass is 9.43. The standard InChI is InChI=1S/C24H37NO5/c1-15-16(13-20(27)30-12-11-25-4)7-8-17-21(15)18(26)14-19-23(17,2)9-6-10-24(19,3)22(28)29-5/h13,15,17,19,21,25H,6-12,14H2,1-5H3. The number of methoxy groups -OCH3 is 1. The highest BCUT2D eigenvalue weighted by Crippen LogP contribution is 2.64. The summed E-state index contributed by atoms with van der Waals surface area (Å²) in [5.41, 5.74) is 0.360. The summed E-state index contributed by atoms with van der Waals surface area (Å²) in [4.78, 5) is 38.3. The fourth-order valence-corrected chi connectivity index (χ4v) is 6.83. The van der Waals surface area contributed by atoms with Crippen molar-refractivity contribution in [2.45, 2.75) is 59.3 Å². The maximum absolute atomic E-state index is 13.4. The van der Waals surface area contributed by atoms with Gasteiger partial charge in [-0.3, -0.25) is 9.59 Å². The summed E-state index contributed by atoms with van der Waals surface area (Å²) in [6.07, 6.45) is 6.50. The van der Waals surface area contributed by atoms with Crippen LogP contribution in [0.15, 0.2) is 11.6 Å². The smallest absolute Gasteiger partial charge is 0.330 e. The van der Waals surface area contributed by atoms with Crippen molar-refractivity contribution in [1.29, 1.82) is 0 Å². The third-order valence-corrected chi connectivity index (χ3v) is 8.45. The molecule has 0 heterocycles. The molecule has 0 radical (unpaired) electrons. The van der Waals surface area contributed by atoms with Gasteiger partial charge in [0.05, 0.1) is 12.5 Å². The van der Waals surface area contributed by atoms with E-state index in [1.165, 1.54) is 7.11 Å². The lowest BCUT2D eigenvalue weighted by Gasteiger charge is -2.60. The van der Waals surface area contributed by atoms with Crippen LogP contribution in [-0.2, 0) is 23.9 Å². The zero-order chi connectivity index (χ0) is 22.1. The molecule has 0 aromatic heterocycles. The fourth-order valence-electron chi connectivity index (χ4n) is 6.83. The second-order valence-electron chi connectivity index (χ2n) is 9.94. The third kappa shape index (κ3) is 3.83. The molecule has 0 aliphatic heterocycles. The molecule has 0 saturated heterocycles. The lowest BCUT2D eigenvalue weighted by molar-refractivity contribution is -0.178. The Labute approximate surface area is 180 Å². The van der Waals surface area contributed by atoms with Crippen LogP contribution in [-0.4, -0.2) is 45.0 Å². The first-order valence-corrected chi connectivity index (χ1v) is 11.3. The van der Waals surface area contributed by atoms with E-state index in [0.717, 1.165) is 37.7 Å². The Morgan fingerprint density at radius 1 is 1.27 bits per heavy atom. The van der Waals surface area contributed by atoms with Gasteiger partial charge in [0.15, 0.2) is 0 Å². The van der Waals surface area contributed by atoms with Gasteiger partial charge >= 0.3 is 11.9 Å². The van der Waals surface area contributed by atoms with Crippen LogP contribution in [0.25, 0.3) is 0 Å². The number of nitrogens with one attached hydrogen (secondary N) is 1. The molecule has 3 aliphatic rings. The summed E-state index contributed by atoms with van der Waals surface area (Å²) >= 11 is 0. The van der Waals surface area contributed by atoms with Crippen molar-refractivity contribution in [3.05, 3.63) is 11.6 Å². The van der Waals surface area contributed by atoms with Crippen LogP contribution in [0.5, 0.6) is 0 Å². The Kier molecular flexibility index (Phi) is 6.75. The van der Waals surface area contributed by atoms with Gasteiger partial charge in [-0.25, -0.2) is 4.79 Å². The minimum atomic E-state index is -0.598. The van der Waals surface area contributed by atoms with Crippen LogP contribution in [0.3, 0.4) is 0 Å². The molecule has 6 nitrogen and oxygen atoms in total. The number of rotatable bonds is 5. The molecule has 6 unspecified atom stereocenters. The van der Waals surface area contributed by atoms with Crippen molar-refractivity contribution in [2.75, 3.05) is 27.3 Å². The predicted molar refractivity (Wildman–Crippen MR) is 114 cm³/mol. The van der Waals surface area contributed by atoms with Gasteiger partial charge in [-0.1, -0.05) is 25.8 Å². The molecule has 6 atom stereocenters. The maximum Gasteiger partial charge on any atom is 0.330 e. The average molecular weight is 420 g/mol. The summed E-state index contributed by atoms with van der Waals surface area (Å²) in [5.74, 6) is -0.0772. The number of Topliss-reactive ketones (excluding diaryl/α,β-unsaturated/α-hetero) is 1. The third-order valence-electron chi connectivity index (χ3n) is 8.45. The molecule has 30 heavy (non-hydrogen) atoms. The van der Waals surface area contributed by atoms with Crippen molar-refractivity contribution >= 4 is 17.7 Å². The molecule has 3 aliphatic carbocycles. The van der Waals surface area contributed by atoms with Crippen LogP contribution in [0.4, 0.5) is 0 Å². The highest BCUT2D eigenvalue weighted by atomic mass is 16.5. The Hall–Kier alpha value is -1.69. The Morgan fingerprint density at radius 3 is 2.67 bits per heavy atom. The normalized spacial score (nSPS) is 39.8. The highest BCUT2D eigenvalue weighted by molar-refractivity contribution is 5.87. The first kappa shape index (κ1) is 23.0. The molecule has 0 spiro atoms. The Balaban J connectivity index is 1.84. The van der Waals surface area contributed by atoms with Crippen molar-refractivity contribution in [3.8, 4) is 0 Å². The average Bonchev–Trinajstić information content (AvgIpc) is 2.71. The van der Waals surface area contributed by atoms with Crippen molar-refractivity contribution in [2.24, 2.45) is 34.5 Å². The van der Waals surface area contributed by atoms with Gasteiger partial charge in [-0.2, -0.15) is 0 Å². The van der Waals surface area contributed by atoms with E-state index in [2.05, 4.69) is 19.2 Å². The topological polar surface area (TPSA) is 81.7 Å². The number of carbonyl (C=O) groups is 3. The van der Waals surface area contributed by atoms with Crippen LogP contribution in [0.1, 0.15) is 59.3 Å². The first-order valence-electron chi connectivity index (χ1n) is 11.3. The Morgan fingerprint density at radius 2 is 2.00 bits per heavy atom. The molecule has 3 fully saturated rings. The number of hydrogen-bond acceptors (Lipinski definition) is 6. The summed E-state index contributed by atoms with van der Waals surface area (Å²) in [6, 6.07) is 0. The van der Waals surface area contributed by atoms with E-state index in [4.69, 9.17) is 9.47 Å². The van der Waals surface area contributed by atoms with Gasteiger partial charge in [0.1, 0.15) is 12.4 Å². The molecule has 0 aromatic carbocycles. The second kappa shape index (κ2) is 8.81. The zero-order valence-corrected chi connectivity index (χ0v) is 19.1. The number of likely N-dealkylation sites (N-methyl/N-ethyl adjacent to an activating group) is 1. The van der Waals surface area contributed by atoms with E-state index in [9.17, 15) is 14.4 Å². The van der Waals surface area contributed by atoms with Gasteiger partial charge in [-0.15, -0.1) is 0 Å². The predicted octanol–water partition coefficient (Wildman–Crippen LogP) is 3.30. The van der Waals surface area contributed by atoms with E-state index in [1.54, 1.807) is 6.08 Å². The molecular formula is C24H37NO5. The molecule has 168 valence electrons. The van der Waals surface area contributed by atoms with Gasteiger partial charge in [-0.05, 0) is 62.8 Å². The molecule has 0 aromatic rings. The van der Waals surface area contributed by atoms with Crippen molar-refractivity contribution in [3.63, 3.8) is 0 Å². The molecule has 1 N–H and O–H groups in total. The highest BCUT2D eigenvalue weighted by Gasteiger charge is 2.62. The van der Waals surface area contributed by atoms with Crippen LogP contribution < -0.4 is 5.32 Å². The summed E-state index contributed by atoms with van der Waals surface area (Å²) in [7, 11) is 3.26. The van der Waals surface area contributed by atoms with E-state index in [0.29, 0.717) is 19.6 Å². The van der Waals surface area contributed by atoms with Gasteiger partial charge in [0.25, 0.3) is 0 Å². The Bertz CT molecular complexity index is 731. The van der Waals surface area contributed by atoms with E-state index < -0.39 is 5.41 Å². The largest absolute Gasteiger partial charge is 0.469 e. The van der Waals surface area contributed by atoms with Gasteiger partial charge in [0, 0.05) is 25.0 Å². The summed E-state index contributed by atoms with van der Waals surface area (Å²) < 4.78 is 10.4. The number of allylic oxidation sites excluding steroid dienone is 1. The molecule has 3 saturated carbocycles. The van der Waals surface area contributed by atoms with Crippen molar-refractivity contribution < 1.29 is 23.9 Å². The number of hydrogen-bond donors (Lipinski definition) is 1. The first-order chi connectivity index (χ1) is 14.2. The molecule has 6 heteroatoms. The zero-order valence-electron chi connectivity index (χ0n) is 19.1. The maximum atomic E-state index is 13.4. The lowest BCUT2D eigenvalue weighted by Crippen LogP contribution is -2.59. The van der Waals surface area contributed by atoms with Crippen LogP contribution in [0.2, 0.25) is 0 Å². The molecular weight excluding hydrogens is 382 g/mol. The van der Waals surface area contributed by atoms with Gasteiger partial charge in [0.2, 0.25) is 0 Å². The number of esters is 2. The second-order valence-corrected chi connectivity index (χ2v) is 9.94. The molecule has 0 bridgehead atoms.